The van der Waals surface area contributed by atoms with Crippen molar-refractivity contribution in [2.24, 2.45) is 0 Å². The van der Waals surface area contributed by atoms with Crippen LogP contribution < -0.4 is 10.6 Å². The fourth-order valence-corrected chi connectivity index (χ4v) is 6.16. The highest BCUT2D eigenvalue weighted by molar-refractivity contribution is 7.98. The van der Waals surface area contributed by atoms with Crippen LogP contribution in [0.5, 0.6) is 0 Å². The van der Waals surface area contributed by atoms with Crippen molar-refractivity contribution in [3.8, 4) is 5.69 Å². The number of nitrogens with zero attached hydrogens (tertiary/aromatic N) is 2. The lowest BCUT2D eigenvalue weighted by Crippen LogP contribution is -2.61. The number of nitrogens with one attached hydrogen (secondary N) is 2. The number of carboxylic acids is 1. The van der Waals surface area contributed by atoms with E-state index in [1.165, 1.54) is 11.8 Å². The maximum absolute atomic E-state index is 14.0. The fourth-order valence-electron chi connectivity index (χ4n) is 5.67. The third kappa shape index (κ3) is 7.20. The first-order valence-corrected chi connectivity index (χ1v) is 16.2. The van der Waals surface area contributed by atoms with E-state index in [0.717, 1.165) is 34.1 Å². The molecule has 9 nitrogen and oxygen atoms in total. The number of imidazole rings is 1. The highest BCUT2D eigenvalue weighted by Crippen LogP contribution is 2.28. The van der Waals surface area contributed by atoms with Crippen molar-refractivity contribution in [3.05, 3.63) is 96.6 Å². The summed E-state index contributed by atoms with van der Waals surface area (Å²) in [6, 6.07) is 23.7. The van der Waals surface area contributed by atoms with Crippen molar-refractivity contribution < 1.29 is 24.2 Å². The molecule has 0 spiro atoms. The minimum atomic E-state index is -1.96. The molecule has 1 fully saturated rings. The largest absolute Gasteiger partial charge is 0.478 e. The van der Waals surface area contributed by atoms with E-state index >= 15 is 0 Å². The smallest absolute Gasteiger partial charge is 0.357 e. The lowest BCUT2D eigenvalue weighted by molar-refractivity contribution is -0.179. The van der Waals surface area contributed by atoms with Crippen LogP contribution in [-0.4, -0.2) is 68.7 Å². The van der Waals surface area contributed by atoms with Crippen LogP contribution in [0.15, 0.2) is 85.3 Å². The lowest BCUT2D eigenvalue weighted by atomic mass is 9.90. The Labute approximate surface area is 261 Å². The van der Waals surface area contributed by atoms with Crippen molar-refractivity contribution in [2.75, 3.05) is 25.2 Å². The van der Waals surface area contributed by atoms with Gasteiger partial charge in [-0.1, -0.05) is 60.7 Å². The second kappa shape index (κ2) is 14.2. The summed E-state index contributed by atoms with van der Waals surface area (Å²) in [6.07, 6.45) is 7.21. The van der Waals surface area contributed by atoms with Gasteiger partial charge >= 0.3 is 5.97 Å². The molecule has 4 aromatic rings. The van der Waals surface area contributed by atoms with Crippen LogP contribution in [0, 0.1) is 0 Å². The maximum atomic E-state index is 14.0. The van der Waals surface area contributed by atoms with Crippen molar-refractivity contribution in [1.29, 1.82) is 0 Å². The summed E-state index contributed by atoms with van der Waals surface area (Å²) in [4.78, 5) is 44.0. The topological polar surface area (TPSA) is 123 Å². The Morgan fingerprint density at radius 2 is 1.86 bits per heavy atom. The Kier molecular flexibility index (Phi) is 10.1. The molecular formula is C34H38N4O5S. The van der Waals surface area contributed by atoms with E-state index in [9.17, 15) is 19.5 Å². The summed E-state index contributed by atoms with van der Waals surface area (Å²) in [5.41, 5.74) is -0.446. The van der Waals surface area contributed by atoms with Gasteiger partial charge in [-0.2, -0.15) is 11.8 Å². The SMILES string of the molecule is CSCC[C@@](NC(=O)CCc1ccccc1)(OC[C@]1(C(=O)Cc2cncn2-c2ccc3ccccc3c2)CCCN1)C(=O)O. The molecule has 1 aliphatic rings. The number of rotatable bonds is 15. The predicted octanol–water partition coefficient (Wildman–Crippen LogP) is 4.56. The number of aryl methyl sites for hydroxylation is 1. The van der Waals surface area contributed by atoms with Gasteiger partial charge in [-0.25, -0.2) is 9.78 Å². The molecule has 1 aliphatic heterocycles. The molecule has 2 heterocycles. The minimum absolute atomic E-state index is 0.0551. The number of Topliss-reactive ketones (excluding diaryl/α,β-unsaturated/α-hetero) is 1. The zero-order chi connectivity index (χ0) is 31.0. The molecule has 44 heavy (non-hydrogen) atoms. The molecule has 0 radical (unpaired) electrons. The molecule has 1 aromatic heterocycles. The highest BCUT2D eigenvalue weighted by atomic mass is 32.2. The first kappa shape index (κ1) is 31.4. The first-order chi connectivity index (χ1) is 21.3. The summed E-state index contributed by atoms with van der Waals surface area (Å²) < 4.78 is 8.06. The number of thioether (sulfide) groups is 1. The maximum Gasteiger partial charge on any atom is 0.357 e. The second-order valence-corrected chi connectivity index (χ2v) is 12.2. The molecule has 0 saturated carbocycles. The number of carboxylic acid groups (broad SMARTS) is 1. The normalized spacial score (nSPS) is 17.8. The Morgan fingerprint density at radius 3 is 2.59 bits per heavy atom. The van der Waals surface area contributed by atoms with Crippen LogP contribution in [0.25, 0.3) is 16.5 Å². The van der Waals surface area contributed by atoms with Gasteiger partial charge in [0.2, 0.25) is 11.6 Å². The lowest BCUT2D eigenvalue weighted by Gasteiger charge is -2.35. The van der Waals surface area contributed by atoms with Gasteiger partial charge in [0.25, 0.3) is 0 Å². The highest BCUT2D eigenvalue weighted by Gasteiger charge is 2.47. The average Bonchev–Trinajstić information content (AvgIpc) is 3.72. The van der Waals surface area contributed by atoms with Crippen molar-refractivity contribution in [3.63, 3.8) is 0 Å². The van der Waals surface area contributed by atoms with Gasteiger partial charge in [-0.15, -0.1) is 0 Å². The predicted molar refractivity (Wildman–Crippen MR) is 172 cm³/mol. The molecule has 3 aromatic carbocycles. The van der Waals surface area contributed by atoms with Crippen molar-refractivity contribution >= 4 is 40.2 Å². The summed E-state index contributed by atoms with van der Waals surface area (Å²) in [7, 11) is 0. The van der Waals surface area contributed by atoms with Crippen LogP contribution in [0.2, 0.25) is 0 Å². The second-order valence-electron chi connectivity index (χ2n) is 11.2. The zero-order valence-electron chi connectivity index (χ0n) is 24.8. The average molecular weight is 615 g/mol. The molecule has 0 unspecified atom stereocenters. The van der Waals surface area contributed by atoms with E-state index in [1.807, 2.05) is 71.5 Å². The van der Waals surface area contributed by atoms with E-state index in [4.69, 9.17) is 4.74 Å². The van der Waals surface area contributed by atoms with Crippen LogP contribution in [0.4, 0.5) is 0 Å². The van der Waals surface area contributed by atoms with Crippen LogP contribution in [0.1, 0.15) is 36.9 Å². The van der Waals surface area contributed by atoms with E-state index in [2.05, 4.69) is 27.8 Å². The summed E-state index contributed by atoms with van der Waals surface area (Å²) in [5.74, 6) is -1.37. The summed E-state index contributed by atoms with van der Waals surface area (Å²) in [5, 5.41) is 18.6. The van der Waals surface area contributed by atoms with Crippen LogP contribution in [-0.2, 0) is 32.0 Å². The molecule has 5 rings (SSSR count). The number of carbonyl (C=O) groups is 3. The van der Waals surface area contributed by atoms with Gasteiger partial charge in [-0.3, -0.25) is 9.59 Å². The third-order valence-corrected chi connectivity index (χ3v) is 8.85. The van der Waals surface area contributed by atoms with E-state index in [0.29, 0.717) is 25.1 Å². The molecule has 1 amide bonds. The fraction of sp³-hybridized carbons (Fsp3) is 0.353. The Morgan fingerprint density at radius 1 is 1.09 bits per heavy atom. The number of hydrogen-bond acceptors (Lipinski definition) is 7. The van der Waals surface area contributed by atoms with Gasteiger partial charge in [0.05, 0.1) is 19.4 Å². The summed E-state index contributed by atoms with van der Waals surface area (Å²) in [6.45, 7) is 0.420. The first-order valence-electron chi connectivity index (χ1n) is 14.8. The number of ketones is 1. The molecule has 1 saturated heterocycles. The Balaban J connectivity index is 1.32. The number of benzene rings is 3. The standard InChI is InChI=1S/C34H38N4O5S/c1-44-19-17-34(32(41)42,37-31(40)15-12-25-8-3-2-4-9-25)43-23-33(16-7-18-36-33)30(39)21-29-22-35-24-38(29)28-14-13-26-10-5-6-11-27(26)20-28/h2-6,8-11,13-14,20,22,24,36H,7,12,15-19,21,23H2,1H3,(H,37,40)(H,41,42)/t33-,34+/m0/s1. The number of aromatic nitrogens is 2. The molecule has 3 N–H and O–H groups in total. The molecular weight excluding hydrogens is 576 g/mol. The Bertz CT molecular complexity index is 1600. The number of aliphatic carboxylic acids is 1. The van der Waals surface area contributed by atoms with Crippen molar-refractivity contribution in [1.82, 2.24) is 20.2 Å². The number of fused-ring (bicyclic) bond motifs is 1. The number of hydrogen-bond donors (Lipinski definition) is 3. The number of carbonyl (C=O) groups excluding carboxylic acids is 2. The minimum Gasteiger partial charge on any atom is -0.478 e. The summed E-state index contributed by atoms with van der Waals surface area (Å²) >= 11 is 1.46. The van der Waals surface area contributed by atoms with Gasteiger partial charge in [0, 0.05) is 30.4 Å². The number of amides is 1. The third-order valence-electron chi connectivity index (χ3n) is 8.24. The molecule has 2 atom stereocenters. The van der Waals surface area contributed by atoms with Gasteiger partial charge < -0.3 is 25.0 Å². The van der Waals surface area contributed by atoms with Crippen LogP contribution >= 0.6 is 11.8 Å². The molecule has 0 aliphatic carbocycles. The quantitative estimate of drug-likeness (QED) is 0.167. The van der Waals surface area contributed by atoms with Gasteiger partial charge in [0.1, 0.15) is 5.54 Å². The number of ether oxygens (including phenoxy) is 1. The van der Waals surface area contributed by atoms with E-state index in [1.54, 1.807) is 12.5 Å². The molecule has 0 bridgehead atoms. The molecule has 10 heteroatoms. The van der Waals surface area contributed by atoms with E-state index < -0.39 is 23.1 Å². The van der Waals surface area contributed by atoms with Crippen LogP contribution in [0.3, 0.4) is 0 Å². The van der Waals surface area contributed by atoms with Crippen molar-refractivity contribution in [2.45, 2.75) is 49.8 Å². The molecule has 230 valence electrons. The van der Waals surface area contributed by atoms with Gasteiger partial charge in [-0.05, 0) is 66.3 Å². The Hall–Kier alpha value is -3.99. The monoisotopic (exact) mass is 614 g/mol. The van der Waals surface area contributed by atoms with E-state index in [-0.39, 0.29) is 31.7 Å². The van der Waals surface area contributed by atoms with Gasteiger partial charge in [0.15, 0.2) is 5.78 Å². The zero-order valence-corrected chi connectivity index (χ0v) is 25.6.